The Balaban J connectivity index is 1.78. The summed E-state index contributed by atoms with van der Waals surface area (Å²) < 4.78 is 83.2. The fraction of sp³-hybridized carbons (Fsp3) is 0.143. The van der Waals surface area contributed by atoms with Gasteiger partial charge in [-0.3, -0.25) is 0 Å². The molecule has 0 bridgehead atoms. The number of fused-ring (bicyclic) bond motifs is 1. The van der Waals surface area contributed by atoms with Crippen molar-refractivity contribution >= 4 is 22.5 Å². The van der Waals surface area contributed by atoms with Gasteiger partial charge in [0.1, 0.15) is 0 Å². The number of imidazole rings is 1. The maximum atomic E-state index is 14.0. The number of aliphatic hydroxyl groups is 1. The second-order valence-electron chi connectivity index (χ2n) is 8.92. The maximum Gasteiger partial charge on any atom is 0.434 e. The second-order valence-corrected chi connectivity index (χ2v) is 9.30. The summed E-state index contributed by atoms with van der Waals surface area (Å²) in [6.07, 6.45) is -6.64. The second kappa shape index (κ2) is 9.39. The minimum Gasteiger partial charge on any atom is -0.374 e. The SMILES string of the molecule is Cn1cncc1C(O)(c1ccc(C(F)(F)F)cc1)c1ccc2nc(C(F)(F)F)c(-c3ccccc3)c(Cl)c2c1. The summed E-state index contributed by atoms with van der Waals surface area (Å²) in [5, 5.41) is 12.0. The minimum atomic E-state index is -4.81. The summed E-state index contributed by atoms with van der Waals surface area (Å²) in [5.41, 5.74) is -3.88. The monoisotopic (exact) mass is 561 g/mol. The predicted molar refractivity (Wildman–Crippen MR) is 134 cm³/mol. The van der Waals surface area contributed by atoms with Gasteiger partial charge in [-0.2, -0.15) is 26.3 Å². The molecular formula is C28H18ClF6N3O. The molecule has 0 aliphatic rings. The zero-order valence-corrected chi connectivity index (χ0v) is 20.8. The number of halogens is 7. The number of hydrogen-bond acceptors (Lipinski definition) is 3. The van der Waals surface area contributed by atoms with Crippen molar-refractivity contribution in [2.75, 3.05) is 0 Å². The molecule has 0 amide bonds. The van der Waals surface area contributed by atoms with E-state index in [1.54, 1.807) is 25.2 Å². The molecule has 5 rings (SSSR count). The molecule has 0 radical (unpaired) electrons. The number of rotatable bonds is 4. The van der Waals surface area contributed by atoms with E-state index in [9.17, 15) is 31.4 Å². The Kier molecular flexibility index (Phi) is 6.43. The molecule has 3 aromatic carbocycles. The smallest absolute Gasteiger partial charge is 0.374 e. The van der Waals surface area contributed by atoms with E-state index in [4.69, 9.17) is 11.6 Å². The van der Waals surface area contributed by atoms with Crippen molar-refractivity contribution < 1.29 is 31.4 Å². The summed E-state index contributed by atoms with van der Waals surface area (Å²) in [7, 11) is 1.59. The Bertz CT molecular complexity index is 1660. The molecule has 1 N–H and O–H groups in total. The first-order valence-electron chi connectivity index (χ1n) is 11.4. The van der Waals surface area contributed by atoms with Gasteiger partial charge in [-0.15, -0.1) is 0 Å². The van der Waals surface area contributed by atoms with Gasteiger partial charge in [-0.25, -0.2) is 9.97 Å². The van der Waals surface area contributed by atoms with E-state index in [1.807, 2.05) is 0 Å². The molecule has 2 heterocycles. The molecule has 4 nitrogen and oxygen atoms in total. The lowest BCUT2D eigenvalue weighted by Gasteiger charge is -2.30. The largest absolute Gasteiger partial charge is 0.434 e. The highest BCUT2D eigenvalue weighted by molar-refractivity contribution is 6.38. The first-order chi connectivity index (χ1) is 18.3. The Hall–Kier alpha value is -3.89. The van der Waals surface area contributed by atoms with Crippen molar-refractivity contribution in [1.82, 2.24) is 14.5 Å². The van der Waals surface area contributed by atoms with Crippen molar-refractivity contribution in [3.63, 3.8) is 0 Å². The van der Waals surface area contributed by atoms with Crippen molar-refractivity contribution in [3.8, 4) is 11.1 Å². The van der Waals surface area contributed by atoms with Gasteiger partial charge in [0.2, 0.25) is 0 Å². The molecule has 5 aromatic rings. The van der Waals surface area contributed by atoms with Crippen LogP contribution in [0.2, 0.25) is 5.02 Å². The molecular weight excluding hydrogens is 544 g/mol. The van der Waals surface area contributed by atoms with Crippen LogP contribution in [0.5, 0.6) is 0 Å². The number of benzene rings is 3. The number of hydrogen-bond donors (Lipinski definition) is 1. The van der Waals surface area contributed by atoms with Crippen LogP contribution in [0.4, 0.5) is 26.3 Å². The molecule has 0 spiro atoms. The number of pyridine rings is 1. The van der Waals surface area contributed by atoms with Crippen LogP contribution in [0, 0.1) is 0 Å². The lowest BCUT2D eigenvalue weighted by atomic mass is 9.82. The average Bonchev–Trinajstić information content (AvgIpc) is 3.34. The minimum absolute atomic E-state index is 0.0736. The highest BCUT2D eigenvalue weighted by Crippen LogP contribution is 2.45. The van der Waals surface area contributed by atoms with Gasteiger partial charge in [0.05, 0.1) is 34.3 Å². The van der Waals surface area contributed by atoms with Crippen molar-refractivity contribution in [2.45, 2.75) is 18.0 Å². The predicted octanol–water partition coefficient (Wildman–Crippen LogP) is 7.61. The van der Waals surface area contributed by atoms with Gasteiger partial charge in [-0.1, -0.05) is 60.1 Å². The van der Waals surface area contributed by atoms with Gasteiger partial charge >= 0.3 is 12.4 Å². The third-order valence-electron chi connectivity index (χ3n) is 6.49. The van der Waals surface area contributed by atoms with Crippen LogP contribution in [-0.2, 0) is 25.0 Å². The third-order valence-corrected chi connectivity index (χ3v) is 6.88. The Morgan fingerprint density at radius 3 is 1.97 bits per heavy atom. The fourth-order valence-electron chi connectivity index (χ4n) is 4.59. The van der Waals surface area contributed by atoms with E-state index in [-0.39, 0.29) is 43.9 Å². The zero-order chi connectivity index (χ0) is 28.2. The molecule has 0 saturated heterocycles. The summed E-state index contributed by atoms with van der Waals surface area (Å²) >= 11 is 6.62. The molecule has 0 aliphatic carbocycles. The summed E-state index contributed by atoms with van der Waals surface area (Å²) in [5.74, 6) is 0. The van der Waals surface area contributed by atoms with Crippen molar-refractivity contribution in [3.05, 3.63) is 118 Å². The van der Waals surface area contributed by atoms with E-state index in [1.165, 1.54) is 47.4 Å². The Morgan fingerprint density at radius 2 is 1.41 bits per heavy atom. The van der Waals surface area contributed by atoms with Crippen LogP contribution in [0.1, 0.15) is 28.1 Å². The van der Waals surface area contributed by atoms with Crippen LogP contribution in [0.15, 0.2) is 85.3 Å². The molecule has 39 heavy (non-hydrogen) atoms. The summed E-state index contributed by atoms with van der Waals surface area (Å²) in [6.45, 7) is 0. The first kappa shape index (κ1) is 26.7. The third kappa shape index (κ3) is 4.63. The summed E-state index contributed by atoms with van der Waals surface area (Å²) in [4.78, 5) is 7.89. The number of alkyl halides is 6. The van der Waals surface area contributed by atoms with Gasteiger partial charge in [0, 0.05) is 18.0 Å². The van der Waals surface area contributed by atoms with Gasteiger partial charge in [-0.05, 0) is 41.0 Å². The standard InChI is InChI=1S/C28H18ClF6N3O/c1-38-15-36-14-22(38)26(39,17-7-9-18(10-8-17)27(30,31)32)19-11-12-21-20(13-19)24(29)23(16-5-3-2-4-6-16)25(37-21)28(33,34)35/h2-15,39H,1H3. The Morgan fingerprint density at radius 1 is 0.795 bits per heavy atom. The Labute approximate surface area is 223 Å². The van der Waals surface area contributed by atoms with E-state index in [0.29, 0.717) is 0 Å². The number of nitrogens with zero attached hydrogens (tertiary/aromatic N) is 3. The lowest BCUT2D eigenvalue weighted by Crippen LogP contribution is -2.31. The normalized spacial score (nSPS) is 14.0. The number of aromatic nitrogens is 3. The number of aryl methyl sites for hydroxylation is 1. The fourth-order valence-corrected chi connectivity index (χ4v) is 4.94. The zero-order valence-electron chi connectivity index (χ0n) is 20.0. The topological polar surface area (TPSA) is 50.9 Å². The van der Waals surface area contributed by atoms with E-state index in [2.05, 4.69) is 9.97 Å². The van der Waals surface area contributed by atoms with Gasteiger partial charge < -0.3 is 9.67 Å². The van der Waals surface area contributed by atoms with Crippen LogP contribution < -0.4 is 0 Å². The van der Waals surface area contributed by atoms with E-state index in [0.717, 1.165) is 24.3 Å². The van der Waals surface area contributed by atoms with Crippen LogP contribution >= 0.6 is 11.6 Å². The van der Waals surface area contributed by atoms with Gasteiger partial charge in [0.15, 0.2) is 11.3 Å². The average molecular weight is 562 g/mol. The van der Waals surface area contributed by atoms with Crippen LogP contribution in [0.25, 0.3) is 22.0 Å². The van der Waals surface area contributed by atoms with Gasteiger partial charge in [0.25, 0.3) is 0 Å². The highest BCUT2D eigenvalue weighted by atomic mass is 35.5. The molecule has 1 unspecified atom stereocenters. The molecule has 0 aliphatic heterocycles. The van der Waals surface area contributed by atoms with Crippen LogP contribution in [-0.4, -0.2) is 19.6 Å². The molecule has 2 aromatic heterocycles. The van der Waals surface area contributed by atoms with E-state index < -0.39 is 29.2 Å². The highest BCUT2D eigenvalue weighted by Gasteiger charge is 2.40. The first-order valence-corrected chi connectivity index (χ1v) is 11.8. The lowest BCUT2D eigenvalue weighted by molar-refractivity contribution is -0.140. The van der Waals surface area contributed by atoms with Crippen molar-refractivity contribution in [1.29, 1.82) is 0 Å². The molecule has 1 atom stereocenters. The molecule has 200 valence electrons. The van der Waals surface area contributed by atoms with Crippen molar-refractivity contribution in [2.24, 2.45) is 7.05 Å². The quantitative estimate of drug-likeness (QED) is 0.230. The maximum absolute atomic E-state index is 14.0. The van der Waals surface area contributed by atoms with Crippen LogP contribution in [0.3, 0.4) is 0 Å². The molecule has 11 heteroatoms. The summed E-state index contributed by atoms with van der Waals surface area (Å²) in [6, 6.07) is 15.7. The van der Waals surface area contributed by atoms with E-state index >= 15 is 0 Å². The molecule has 0 fully saturated rings. The molecule has 0 saturated carbocycles.